The molecule has 0 aliphatic rings. The highest BCUT2D eigenvalue weighted by molar-refractivity contribution is 9.10. The van der Waals surface area contributed by atoms with Crippen LogP contribution >= 0.6 is 15.9 Å². The maximum absolute atomic E-state index is 10.5. The van der Waals surface area contributed by atoms with Crippen LogP contribution in [0.2, 0.25) is 0 Å². The molecule has 82 valence electrons. The first-order chi connectivity index (χ1) is 6.89. The second-order valence-electron chi connectivity index (χ2n) is 3.81. The normalized spacial score (nSPS) is 11.1. The average Bonchev–Trinajstić information content (AvgIpc) is 2.06. The molecule has 0 fully saturated rings. The minimum absolute atomic E-state index is 0.451. The van der Waals surface area contributed by atoms with Crippen LogP contribution in [-0.2, 0) is 6.42 Å². The Hall–Kier alpha value is -1.17. The molecule has 0 aliphatic carbocycles. The molecule has 5 nitrogen and oxygen atoms in total. The van der Waals surface area contributed by atoms with Crippen LogP contribution in [0.25, 0.3) is 0 Å². The first-order valence-corrected chi connectivity index (χ1v) is 5.16. The first kappa shape index (κ1) is 11.9. The van der Waals surface area contributed by atoms with Crippen molar-refractivity contribution in [1.29, 1.82) is 0 Å². The van der Waals surface area contributed by atoms with E-state index in [-0.39, 0.29) is 0 Å². The number of aromatic nitrogens is 2. The summed E-state index contributed by atoms with van der Waals surface area (Å²) in [5.41, 5.74) is -0.570. The number of rotatable bonds is 3. The summed E-state index contributed by atoms with van der Waals surface area (Å²) in [4.78, 5) is 18.7. The van der Waals surface area contributed by atoms with Gasteiger partial charge in [0, 0.05) is 24.4 Å². The molecule has 1 aromatic rings. The molecule has 0 atom stereocenters. The Kier molecular flexibility index (Phi) is 3.62. The van der Waals surface area contributed by atoms with E-state index >= 15 is 0 Å². The van der Waals surface area contributed by atoms with Gasteiger partial charge in [0.15, 0.2) is 0 Å². The van der Waals surface area contributed by atoms with Crippen LogP contribution in [0.15, 0.2) is 16.9 Å². The maximum Gasteiger partial charge on any atom is 0.405 e. The van der Waals surface area contributed by atoms with E-state index < -0.39 is 11.6 Å². The highest BCUT2D eigenvalue weighted by atomic mass is 79.9. The van der Waals surface area contributed by atoms with Gasteiger partial charge < -0.3 is 10.4 Å². The first-order valence-electron chi connectivity index (χ1n) is 4.36. The second-order valence-corrected chi connectivity index (χ2v) is 4.72. The Balaban J connectivity index is 2.68. The van der Waals surface area contributed by atoms with Crippen molar-refractivity contribution in [2.24, 2.45) is 0 Å². The zero-order valence-corrected chi connectivity index (χ0v) is 10.1. The van der Waals surface area contributed by atoms with Gasteiger partial charge >= 0.3 is 6.09 Å². The van der Waals surface area contributed by atoms with Crippen LogP contribution in [0.5, 0.6) is 0 Å². The minimum atomic E-state index is -1.04. The Morgan fingerprint density at radius 2 is 2.07 bits per heavy atom. The van der Waals surface area contributed by atoms with Crippen LogP contribution in [0, 0.1) is 0 Å². The fourth-order valence-corrected chi connectivity index (χ4v) is 1.36. The molecule has 1 rings (SSSR count). The summed E-state index contributed by atoms with van der Waals surface area (Å²) in [7, 11) is 0. The van der Waals surface area contributed by atoms with Gasteiger partial charge in [-0.25, -0.2) is 14.8 Å². The molecule has 0 aliphatic heterocycles. The van der Waals surface area contributed by atoms with Gasteiger partial charge in [-0.15, -0.1) is 0 Å². The SMILES string of the molecule is CC(C)(Cc1ncc(Br)cn1)NC(=O)O. The molecular weight excluding hydrogens is 262 g/mol. The third-order valence-corrected chi connectivity index (χ3v) is 2.13. The summed E-state index contributed by atoms with van der Waals surface area (Å²) in [6, 6.07) is 0. The fraction of sp³-hybridized carbons (Fsp3) is 0.444. The standard InChI is InChI=1S/C9H12BrN3O2/c1-9(2,13-8(14)15)3-7-11-4-6(10)5-12-7/h4-5,13H,3H2,1-2H3,(H,14,15). The molecule has 1 aromatic heterocycles. The third kappa shape index (κ3) is 4.24. The van der Waals surface area contributed by atoms with Gasteiger partial charge in [0.25, 0.3) is 0 Å². The molecule has 0 saturated heterocycles. The Labute approximate surface area is 96.1 Å². The highest BCUT2D eigenvalue weighted by Gasteiger charge is 2.21. The van der Waals surface area contributed by atoms with E-state index in [4.69, 9.17) is 5.11 Å². The van der Waals surface area contributed by atoms with Crippen molar-refractivity contribution in [3.05, 3.63) is 22.7 Å². The van der Waals surface area contributed by atoms with Crippen LogP contribution < -0.4 is 5.32 Å². The van der Waals surface area contributed by atoms with Crippen molar-refractivity contribution in [3.63, 3.8) is 0 Å². The number of nitrogens with one attached hydrogen (secondary N) is 1. The van der Waals surface area contributed by atoms with Crippen molar-refractivity contribution in [3.8, 4) is 0 Å². The molecule has 1 amide bonds. The predicted molar refractivity (Wildman–Crippen MR) is 58.7 cm³/mol. The number of carboxylic acid groups (broad SMARTS) is 1. The molecule has 15 heavy (non-hydrogen) atoms. The zero-order valence-electron chi connectivity index (χ0n) is 8.49. The van der Waals surface area contributed by atoms with Crippen molar-refractivity contribution in [1.82, 2.24) is 15.3 Å². The van der Waals surface area contributed by atoms with Gasteiger partial charge in [-0.05, 0) is 29.8 Å². The van der Waals surface area contributed by atoms with Crippen LogP contribution in [-0.4, -0.2) is 26.7 Å². The molecule has 1 heterocycles. The van der Waals surface area contributed by atoms with Crippen molar-refractivity contribution in [2.75, 3.05) is 0 Å². The second kappa shape index (κ2) is 4.57. The number of nitrogens with zero attached hydrogens (tertiary/aromatic N) is 2. The maximum atomic E-state index is 10.5. The molecule has 0 aromatic carbocycles. The average molecular weight is 274 g/mol. The van der Waals surface area contributed by atoms with E-state index in [0.717, 1.165) is 4.47 Å². The lowest BCUT2D eigenvalue weighted by Crippen LogP contribution is -2.44. The van der Waals surface area contributed by atoms with Gasteiger partial charge in [0.1, 0.15) is 5.82 Å². The summed E-state index contributed by atoms with van der Waals surface area (Å²) in [6.07, 6.45) is 2.68. The Bertz CT molecular complexity index is 351. The molecule has 0 radical (unpaired) electrons. The zero-order chi connectivity index (χ0) is 11.5. The van der Waals surface area contributed by atoms with Crippen LogP contribution in [0.1, 0.15) is 19.7 Å². The molecular formula is C9H12BrN3O2. The van der Waals surface area contributed by atoms with Gasteiger partial charge in [0.05, 0.1) is 4.47 Å². The van der Waals surface area contributed by atoms with Gasteiger partial charge in [-0.2, -0.15) is 0 Å². The number of halogens is 1. The number of hydrogen-bond donors (Lipinski definition) is 2. The molecule has 2 N–H and O–H groups in total. The largest absolute Gasteiger partial charge is 0.465 e. The monoisotopic (exact) mass is 273 g/mol. The molecule has 6 heteroatoms. The summed E-state index contributed by atoms with van der Waals surface area (Å²) >= 11 is 3.23. The smallest absolute Gasteiger partial charge is 0.405 e. The lowest BCUT2D eigenvalue weighted by molar-refractivity contribution is 0.182. The quantitative estimate of drug-likeness (QED) is 0.881. The summed E-state index contributed by atoms with van der Waals surface area (Å²) in [6.45, 7) is 3.57. The van der Waals surface area contributed by atoms with Gasteiger partial charge in [-0.3, -0.25) is 0 Å². The van der Waals surface area contributed by atoms with Gasteiger partial charge in [-0.1, -0.05) is 0 Å². The van der Waals surface area contributed by atoms with Crippen molar-refractivity contribution < 1.29 is 9.90 Å². The molecule has 0 bridgehead atoms. The van der Waals surface area contributed by atoms with Crippen molar-refractivity contribution in [2.45, 2.75) is 25.8 Å². The summed E-state index contributed by atoms with van der Waals surface area (Å²) in [5.74, 6) is 0.608. The van der Waals surface area contributed by atoms with E-state index in [0.29, 0.717) is 12.2 Å². The lowest BCUT2D eigenvalue weighted by atomic mass is 10.0. The minimum Gasteiger partial charge on any atom is -0.465 e. The Morgan fingerprint density at radius 3 is 2.53 bits per heavy atom. The summed E-state index contributed by atoms with van der Waals surface area (Å²) < 4.78 is 0.801. The van der Waals surface area contributed by atoms with E-state index in [9.17, 15) is 4.79 Å². The highest BCUT2D eigenvalue weighted by Crippen LogP contribution is 2.11. The van der Waals surface area contributed by atoms with E-state index in [1.807, 2.05) is 0 Å². The Morgan fingerprint density at radius 1 is 1.53 bits per heavy atom. The van der Waals surface area contributed by atoms with E-state index in [1.165, 1.54) is 0 Å². The van der Waals surface area contributed by atoms with E-state index in [1.54, 1.807) is 26.2 Å². The van der Waals surface area contributed by atoms with Crippen LogP contribution in [0.3, 0.4) is 0 Å². The third-order valence-electron chi connectivity index (χ3n) is 1.72. The van der Waals surface area contributed by atoms with E-state index in [2.05, 4.69) is 31.2 Å². The summed E-state index contributed by atoms with van der Waals surface area (Å²) in [5, 5.41) is 11.0. The number of hydrogen-bond acceptors (Lipinski definition) is 3. The van der Waals surface area contributed by atoms with Crippen LogP contribution in [0.4, 0.5) is 4.79 Å². The molecule has 0 saturated carbocycles. The molecule has 0 spiro atoms. The van der Waals surface area contributed by atoms with Crippen molar-refractivity contribution >= 4 is 22.0 Å². The lowest BCUT2D eigenvalue weighted by Gasteiger charge is -2.23. The number of carbonyl (C=O) groups is 1. The topological polar surface area (TPSA) is 75.1 Å². The molecule has 0 unspecified atom stereocenters. The fourth-order valence-electron chi connectivity index (χ4n) is 1.16. The predicted octanol–water partition coefficient (Wildman–Crippen LogP) is 1.83. The van der Waals surface area contributed by atoms with Gasteiger partial charge in [0.2, 0.25) is 0 Å². The number of amides is 1.